The average molecular weight is 338 g/mol. The second-order valence-corrected chi connectivity index (χ2v) is 5.53. The van der Waals surface area contributed by atoms with E-state index in [2.05, 4.69) is 5.32 Å². The van der Waals surface area contributed by atoms with Gasteiger partial charge in [-0.15, -0.1) is 0 Å². The largest absolute Gasteiger partial charge is 0.478 e. The molecule has 25 heavy (non-hydrogen) atoms. The standard InChI is InChI=1S/C18H14N2O5/c21-14-10-20(13-4-2-1-3-5-13)17(23)15(14)16(22)19-12-8-6-11(7-9-12)18(24)25/h1-9,15H,10H2,(H,19,22)(H,24,25)/t15-/m1/s1. The smallest absolute Gasteiger partial charge is 0.335 e. The lowest BCUT2D eigenvalue weighted by molar-refractivity contribution is -0.134. The number of carbonyl (C=O) groups excluding carboxylic acids is 3. The van der Waals surface area contributed by atoms with Gasteiger partial charge < -0.3 is 15.3 Å². The summed E-state index contributed by atoms with van der Waals surface area (Å²) in [6, 6.07) is 14.1. The lowest BCUT2D eigenvalue weighted by Crippen LogP contribution is -2.34. The van der Waals surface area contributed by atoms with Gasteiger partial charge in [0.25, 0.3) is 0 Å². The van der Waals surface area contributed by atoms with Gasteiger partial charge in [-0.2, -0.15) is 0 Å². The number of benzene rings is 2. The van der Waals surface area contributed by atoms with Crippen molar-refractivity contribution in [1.29, 1.82) is 0 Å². The molecule has 2 aromatic carbocycles. The third kappa shape index (κ3) is 3.25. The maximum atomic E-state index is 12.5. The monoisotopic (exact) mass is 338 g/mol. The van der Waals surface area contributed by atoms with Crippen molar-refractivity contribution in [2.24, 2.45) is 5.92 Å². The van der Waals surface area contributed by atoms with Crippen LogP contribution in [0.3, 0.4) is 0 Å². The van der Waals surface area contributed by atoms with E-state index in [-0.39, 0.29) is 12.1 Å². The number of nitrogens with one attached hydrogen (secondary N) is 1. The van der Waals surface area contributed by atoms with Crippen molar-refractivity contribution in [3.63, 3.8) is 0 Å². The fraction of sp³-hybridized carbons (Fsp3) is 0.111. The van der Waals surface area contributed by atoms with Crippen molar-refractivity contribution in [3.05, 3.63) is 60.2 Å². The van der Waals surface area contributed by atoms with E-state index in [0.717, 1.165) is 0 Å². The van der Waals surface area contributed by atoms with Crippen molar-refractivity contribution in [2.75, 3.05) is 16.8 Å². The van der Waals surface area contributed by atoms with Gasteiger partial charge in [0.2, 0.25) is 11.8 Å². The van der Waals surface area contributed by atoms with E-state index in [9.17, 15) is 19.2 Å². The van der Waals surface area contributed by atoms with E-state index < -0.39 is 29.5 Å². The number of carboxylic acids is 1. The molecule has 1 saturated heterocycles. The number of para-hydroxylation sites is 1. The molecule has 2 aromatic rings. The minimum Gasteiger partial charge on any atom is -0.478 e. The van der Waals surface area contributed by atoms with Crippen LogP contribution in [0.4, 0.5) is 11.4 Å². The molecule has 1 aliphatic rings. The maximum Gasteiger partial charge on any atom is 0.335 e. The second kappa shape index (κ2) is 6.56. The first-order chi connectivity index (χ1) is 12.0. The molecule has 0 aliphatic carbocycles. The zero-order chi connectivity index (χ0) is 18.0. The Kier molecular flexibility index (Phi) is 4.30. The maximum absolute atomic E-state index is 12.5. The molecule has 1 fully saturated rings. The molecule has 0 saturated carbocycles. The number of amides is 2. The molecule has 2 N–H and O–H groups in total. The number of carboxylic acid groups (broad SMARTS) is 1. The summed E-state index contributed by atoms with van der Waals surface area (Å²) < 4.78 is 0. The summed E-state index contributed by atoms with van der Waals surface area (Å²) in [5, 5.41) is 11.3. The molecule has 3 rings (SSSR count). The SMILES string of the molecule is O=C(O)c1ccc(NC(=O)[C@H]2C(=O)CN(c3ccccc3)C2=O)cc1. The zero-order valence-electron chi connectivity index (χ0n) is 13.0. The zero-order valence-corrected chi connectivity index (χ0v) is 13.0. The predicted molar refractivity (Wildman–Crippen MR) is 89.3 cm³/mol. The molecule has 1 atom stereocenters. The van der Waals surface area contributed by atoms with Gasteiger partial charge in [-0.1, -0.05) is 18.2 Å². The van der Waals surface area contributed by atoms with Crippen LogP contribution in [0.1, 0.15) is 10.4 Å². The molecule has 0 bridgehead atoms. The van der Waals surface area contributed by atoms with Crippen molar-refractivity contribution in [1.82, 2.24) is 0 Å². The van der Waals surface area contributed by atoms with E-state index in [4.69, 9.17) is 5.11 Å². The molecule has 7 heteroatoms. The Morgan fingerprint density at radius 2 is 1.64 bits per heavy atom. The van der Waals surface area contributed by atoms with Gasteiger partial charge in [0.15, 0.2) is 11.7 Å². The Morgan fingerprint density at radius 1 is 1.00 bits per heavy atom. The van der Waals surface area contributed by atoms with Crippen LogP contribution in [-0.4, -0.2) is 35.2 Å². The van der Waals surface area contributed by atoms with E-state index in [1.54, 1.807) is 30.3 Å². The Labute approximate surface area is 142 Å². The van der Waals surface area contributed by atoms with Crippen molar-refractivity contribution >= 4 is 34.9 Å². The Hall–Kier alpha value is -3.48. The number of hydrogen-bond donors (Lipinski definition) is 2. The highest BCUT2D eigenvalue weighted by Gasteiger charge is 2.44. The highest BCUT2D eigenvalue weighted by atomic mass is 16.4. The summed E-state index contributed by atoms with van der Waals surface area (Å²) in [5.74, 6) is -4.27. The lowest BCUT2D eigenvalue weighted by atomic mass is 10.1. The fourth-order valence-electron chi connectivity index (χ4n) is 2.61. The van der Waals surface area contributed by atoms with E-state index in [1.165, 1.54) is 29.2 Å². The van der Waals surface area contributed by atoms with Crippen LogP contribution in [-0.2, 0) is 14.4 Å². The molecule has 0 spiro atoms. The normalized spacial score (nSPS) is 16.8. The number of aromatic carboxylic acids is 1. The molecular weight excluding hydrogens is 324 g/mol. The van der Waals surface area contributed by atoms with Gasteiger partial charge in [0, 0.05) is 11.4 Å². The van der Waals surface area contributed by atoms with Crippen molar-refractivity contribution in [2.45, 2.75) is 0 Å². The fourth-order valence-corrected chi connectivity index (χ4v) is 2.61. The molecule has 0 unspecified atom stereocenters. The molecule has 0 radical (unpaired) electrons. The molecular formula is C18H14N2O5. The van der Waals surface area contributed by atoms with Crippen LogP contribution in [0.25, 0.3) is 0 Å². The van der Waals surface area contributed by atoms with Gasteiger partial charge in [0.1, 0.15) is 0 Å². The summed E-state index contributed by atoms with van der Waals surface area (Å²) in [7, 11) is 0. The highest BCUT2D eigenvalue weighted by Crippen LogP contribution is 2.24. The number of ketones is 1. The number of Topliss-reactive ketones (excluding diaryl/α,β-unsaturated/α-hetero) is 1. The third-order valence-corrected chi connectivity index (χ3v) is 3.88. The van der Waals surface area contributed by atoms with Gasteiger partial charge in [-0.05, 0) is 36.4 Å². The summed E-state index contributed by atoms with van der Waals surface area (Å²) in [6.45, 7) is -0.154. The topological polar surface area (TPSA) is 104 Å². The van der Waals surface area contributed by atoms with E-state index in [0.29, 0.717) is 11.4 Å². The number of carbonyl (C=O) groups is 4. The molecule has 126 valence electrons. The van der Waals surface area contributed by atoms with Crippen LogP contribution in [0.15, 0.2) is 54.6 Å². The summed E-state index contributed by atoms with van der Waals surface area (Å²) in [4.78, 5) is 49.0. The van der Waals surface area contributed by atoms with E-state index >= 15 is 0 Å². The Balaban J connectivity index is 1.74. The van der Waals surface area contributed by atoms with Gasteiger partial charge in [-0.25, -0.2) is 4.79 Å². The van der Waals surface area contributed by atoms with Crippen LogP contribution in [0.2, 0.25) is 0 Å². The number of nitrogens with zero attached hydrogens (tertiary/aromatic N) is 1. The minimum atomic E-state index is -1.40. The highest BCUT2D eigenvalue weighted by molar-refractivity contribution is 6.30. The van der Waals surface area contributed by atoms with Crippen LogP contribution in [0.5, 0.6) is 0 Å². The first-order valence-corrected chi connectivity index (χ1v) is 7.51. The summed E-state index contributed by atoms with van der Waals surface area (Å²) in [6.07, 6.45) is 0. The predicted octanol–water partition coefficient (Wildman–Crippen LogP) is 1.56. The number of rotatable bonds is 4. The molecule has 1 aliphatic heterocycles. The average Bonchev–Trinajstić information content (AvgIpc) is 2.90. The summed E-state index contributed by atoms with van der Waals surface area (Å²) >= 11 is 0. The van der Waals surface area contributed by atoms with Crippen LogP contribution in [0, 0.1) is 5.92 Å². The second-order valence-electron chi connectivity index (χ2n) is 5.53. The lowest BCUT2D eigenvalue weighted by Gasteiger charge is -2.15. The molecule has 1 heterocycles. The number of anilines is 2. The Bertz CT molecular complexity index is 846. The van der Waals surface area contributed by atoms with Gasteiger partial charge in [-0.3, -0.25) is 14.4 Å². The minimum absolute atomic E-state index is 0.0706. The van der Waals surface area contributed by atoms with Gasteiger partial charge >= 0.3 is 5.97 Å². The first kappa shape index (κ1) is 16.4. The van der Waals surface area contributed by atoms with E-state index in [1.807, 2.05) is 0 Å². The molecule has 7 nitrogen and oxygen atoms in total. The quantitative estimate of drug-likeness (QED) is 0.823. The van der Waals surface area contributed by atoms with Crippen molar-refractivity contribution < 1.29 is 24.3 Å². The van der Waals surface area contributed by atoms with Crippen LogP contribution < -0.4 is 10.2 Å². The number of hydrogen-bond acceptors (Lipinski definition) is 4. The molecule has 2 amide bonds. The Morgan fingerprint density at radius 3 is 2.24 bits per heavy atom. The summed E-state index contributed by atoms with van der Waals surface area (Å²) in [5.41, 5.74) is 0.942. The third-order valence-electron chi connectivity index (χ3n) is 3.88. The first-order valence-electron chi connectivity index (χ1n) is 7.51. The van der Waals surface area contributed by atoms with Crippen LogP contribution >= 0.6 is 0 Å². The van der Waals surface area contributed by atoms with Crippen molar-refractivity contribution in [3.8, 4) is 0 Å². The van der Waals surface area contributed by atoms with Gasteiger partial charge in [0.05, 0.1) is 12.1 Å². The molecule has 0 aromatic heterocycles.